The summed E-state index contributed by atoms with van der Waals surface area (Å²) in [5.74, 6) is 0. The van der Waals surface area contributed by atoms with E-state index in [1.807, 2.05) is 0 Å². The van der Waals surface area contributed by atoms with Crippen LogP contribution >= 0.6 is 0 Å². The van der Waals surface area contributed by atoms with Gasteiger partial charge in [0.05, 0.1) is 0 Å². The van der Waals surface area contributed by atoms with Crippen LogP contribution in [0.4, 0.5) is 0 Å². The van der Waals surface area contributed by atoms with E-state index in [9.17, 15) is 0 Å². The Morgan fingerprint density at radius 1 is 1.33 bits per heavy atom. The monoisotopic (exact) mass is 136 g/mol. The first kappa shape index (κ1) is 8.34. The molecule has 0 nitrogen and oxygen atoms in total. The molecule has 0 bridgehead atoms. The van der Waals surface area contributed by atoms with Crippen molar-refractivity contribution in [3.8, 4) is 23.9 Å². The maximum absolute atomic E-state index is 5.27. The Bertz CT molecular complexity index is 142. The Morgan fingerprint density at radius 3 is 1.89 bits per heavy atom. The van der Waals surface area contributed by atoms with E-state index in [0.717, 1.165) is 12.5 Å². The van der Waals surface area contributed by atoms with Gasteiger partial charge in [-0.25, -0.2) is 0 Å². The lowest BCUT2D eigenvalue weighted by Crippen LogP contribution is -2.25. The quantitative estimate of drug-likeness (QED) is 0.401. The zero-order valence-electron chi connectivity index (χ0n) is 6.07. The summed E-state index contributed by atoms with van der Waals surface area (Å²) in [7, 11) is -1.64. The summed E-state index contributed by atoms with van der Waals surface area (Å²) in [4.78, 5) is 0. The van der Waals surface area contributed by atoms with E-state index in [1.165, 1.54) is 0 Å². The summed E-state index contributed by atoms with van der Waals surface area (Å²) in [6, 6.07) is 1.06. The molecule has 0 N–H and O–H groups in total. The van der Waals surface area contributed by atoms with Crippen molar-refractivity contribution in [3.63, 3.8) is 0 Å². The highest BCUT2D eigenvalue weighted by molar-refractivity contribution is 6.93. The van der Waals surface area contributed by atoms with Crippen molar-refractivity contribution in [2.45, 2.75) is 25.9 Å². The van der Waals surface area contributed by atoms with Gasteiger partial charge in [0.15, 0.2) is 0 Å². The lowest BCUT2D eigenvalue weighted by Gasteiger charge is -2.09. The molecule has 0 amide bonds. The van der Waals surface area contributed by atoms with E-state index >= 15 is 0 Å². The van der Waals surface area contributed by atoms with Crippen LogP contribution < -0.4 is 0 Å². The smallest absolute Gasteiger partial charge is 0.126 e. The molecule has 0 radical (unpaired) electrons. The zero-order valence-corrected chi connectivity index (χ0v) is 7.07. The summed E-state index contributed by atoms with van der Waals surface area (Å²) >= 11 is 0. The Balaban J connectivity index is 4.02. The fourth-order valence-corrected chi connectivity index (χ4v) is 2.06. The van der Waals surface area contributed by atoms with Gasteiger partial charge in [-0.05, 0) is 12.6 Å². The minimum Gasteiger partial charge on any atom is -0.126 e. The van der Waals surface area contributed by atoms with E-state index in [2.05, 4.69) is 24.6 Å². The SMILES string of the molecule is C#C[Si](C)(C#C)CCC. The van der Waals surface area contributed by atoms with Gasteiger partial charge in [0, 0.05) is 0 Å². The summed E-state index contributed by atoms with van der Waals surface area (Å²) in [5, 5.41) is 0. The van der Waals surface area contributed by atoms with E-state index in [-0.39, 0.29) is 0 Å². The van der Waals surface area contributed by atoms with Gasteiger partial charge in [-0.3, -0.25) is 0 Å². The molecule has 0 aromatic carbocycles. The van der Waals surface area contributed by atoms with Gasteiger partial charge in [-0.2, -0.15) is 0 Å². The van der Waals surface area contributed by atoms with E-state index < -0.39 is 8.07 Å². The van der Waals surface area contributed by atoms with Crippen LogP contribution in [-0.4, -0.2) is 8.07 Å². The normalized spacial score (nSPS) is 9.78. The molecule has 0 fully saturated rings. The highest BCUT2D eigenvalue weighted by Crippen LogP contribution is 2.08. The maximum Gasteiger partial charge on any atom is 0.213 e. The van der Waals surface area contributed by atoms with Crippen molar-refractivity contribution in [1.29, 1.82) is 0 Å². The van der Waals surface area contributed by atoms with Crippen LogP contribution in [0.3, 0.4) is 0 Å². The number of hydrogen-bond donors (Lipinski definition) is 0. The maximum atomic E-state index is 5.27. The van der Waals surface area contributed by atoms with Gasteiger partial charge in [-0.1, -0.05) is 13.3 Å². The van der Waals surface area contributed by atoms with Crippen LogP contribution in [-0.2, 0) is 0 Å². The topological polar surface area (TPSA) is 0 Å². The molecule has 0 saturated carbocycles. The van der Waals surface area contributed by atoms with Crippen molar-refractivity contribution in [3.05, 3.63) is 0 Å². The first-order valence-electron chi connectivity index (χ1n) is 3.14. The number of rotatable bonds is 2. The van der Waals surface area contributed by atoms with Crippen molar-refractivity contribution in [1.82, 2.24) is 0 Å². The van der Waals surface area contributed by atoms with Crippen LogP contribution in [0.25, 0.3) is 0 Å². The molecular weight excluding hydrogens is 124 g/mol. The summed E-state index contributed by atoms with van der Waals surface area (Å²) < 4.78 is 0. The molecule has 9 heavy (non-hydrogen) atoms. The summed E-state index contributed by atoms with van der Waals surface area (Å²) in [6.45, 7) is 4.16. The minimum absolute atomic E-state index is 1.06. The predicted octanol–water partition coefficient (Wildman–Crippen LogP) is 1.82. The first-order chi connectivity index (χ1) is 4.18. The second-order valence-corrected chi connectivity index (χ2v) is 6.11. The predicted molar refractivity (Wildman–Crippen MR) is 44.4 cm³/mol. The molecule has 0 aromatic rings. The highest BCUT2D eigenvalue weighted by atomic mass is 28.3. The fraction of sp³-hybridized carbons (Fsp3) is 0.500. The average molecular weight is 136 g/mol. The summed E-state index contributed by atoms with van der Waals surface area (Å²) in [6.07, 6.45) is 11.7. The Labute approximate surface area is 58.7 Å². The third kappa shape index (κ3) is 2.40. The van der Waals surface area contributed by atoms with Gasteiger partial charge in [0.2, 0.25) is 8.07 Å². The van der Waals surface area contributed by atoms with Crippen molar-refractivity contribution < 1.29 is 0 Å². The largest absolute Gasteiger partial charge is 0.213 e. The van der Waals surface area contributed by atoms with Crippen molar-refractivity contribution >= 4 is 8.07 Å². The van der Waals surface area contributed by atoms with Crippen LogP contribution in [0, 0.1) is 23.9 Å². The molecule has 0 rings (SSSR count). The van der Waals surface area contributed by atoms with Crippen LogP contribution in [0.2, 0.25) is 12.6 Å². The zero-order chi connectivity index (χ0) is 7.33. The second kappa shape index (κ2) is 3.38. The average Bonchev–Trinajstić information content (AvgIpc) is 1.89. The van der Waals surface area contributed by atoms with Crippen molar-refractivity contribution in [2.75, 3.05) is 0 Å². The fourth-order valence-electron chi connectivity index (χ4n) is 0.686. The highest BCUT2D eigenvalue weighted by Gasteiger charge is 2.19. The van der Waals surface area contributed by atoms with Gasteiger partial charge in [-0.15, -0.1) is 23.9 Å². The Morgan fingerprint density at radius 2 is 1.78 bits per heavy atom. The Kier molecular flexibility index (Phi) is 3.13. The molecule has 0 aromatic heterocycles. The molecule has 0 unspecified atom stereocenters. The van der Waals surface area contributed by atoms with E-state index in [4.69, 9.17) is 12.8 Å². The molecule has 0 aliphatic carbocycles. The van der Waals surface area contributed by atoms with Gasteiger partial charge >= 0.3 is 0 Å². The standard InChI is InChI=1S/C8H12Si/c1-5-8-9(4,6-2)7-3/h2-3H,5,8H2,1,4H3. The van der Waals surface area contributed by atoms with Crippen LogP contribution in [0.5, 0.6) is 0 Å². The van der Waals surface area contributed by atoms with E-state index in [0.29, 0.717) is 0 Å². The number of hydrogen-bond acceptors (Lipinski definition) is 0. The molecule has 0 atom stereocenters. The molecule has 0 spiro atoms. The Hall–Kier alpha value is -0.663. The van der Waals surface area contributed by atoms with Crippen molar-refractivity contribution in [2.24, 2.45) is 0 Å². The lowest BCUT2D eigenvalue weighted by molar-refractivity contribution is 1.06. The molecule has 0 heterocycles. The van der Waals surface area contributed by atoms with Gasteiger partial charge in [0.1, 0.15) is 0 Å². The molecule has 1 heteroatoms. The first-order valence-corrected chi connectivity index (χ1v) is 5.85. The van der Waals surface area contributed by atoms with E-state index in [1.54, 1.807) is 0 Å². The van der Waals surface area contributed by atoms with Crippen LogP contribution in [0.1, 0.15) is 13.3 Å². The lowest BCUT2D eigenvalue weighted by atomic mass is 10.6. The third-order valence-corrected chi connectivity index (χ3v) is 4.16. The van der Waals surface area contributed by atoms with Gasteiger partial charge < -0.3 is 0 Å². The molecule has 0 aliphatic heterocycles. The molecule has 0 aliphatic rings. The summed E-state index contributed by atoms with van der Waals surface area (Å²) in [5.41, 5.74) is 5.46. The number of terminal acetylenes is 2. The molecule has 0 saturated heterocycles. The minimum atomic E-state index is -1.64. The van der Waals surface area contributed by atoms with Crippen LogP contribution in [0.15, 0.2) is 0 Å². The third-order valence-electron chi connectivity index (χ3n) is 1.39. The molecular formula is C8H12Si. The molecule has 48 valence electrons. The second-order valence-electron chi connectivity index (χ2n) is 2.37. The van der Waals surface area contributed by atoms with Gasteiger partial charge in [0.25, 0.3) is 0 Å².